The summed E-state index contributed by atoms with van der Waals surface area (Å²) in [4.78, 5) is 11.5. The van der Waals surface area contributed by atoms with Crippen molar-refractivity contribution in [3.8, 4) is 0 Å². The van der Waals surface area contributed by atoms with E-state index in [1.165, 1.54) is 0 Å². The summed E-state index contributed by atoms with van der Waals surface area (Å²) in [7, 11) is 0. The molecule has 0 heterocycles. The van der Waals surface area contributed by atoms with Crippen LogP contribution in [-0.4, -0.2) is 12.5 Å². The first-order chi connectivity index (χ1) is 7.15. The molecule has 0 aliphatic heterocycles. The third-order valence-electron chi connectivity index (χ3n) is 2.15. The van der Waals surface area contributed by atoms with E-state index < -0.39 is 0 Å². The zero-order valence-electron chi connectivity index (χ0n) is 8.72. The Bertz CT molecular complexity index is 352. The molecule has 0 radical (unpaired) electrons. The van der Waals surface area contributed by atoms with Gasteiger partial charge in [0.15, 0.2) is 0 Å². The lowest BCUT2D eigenvalue weighted by atomic mass is 10.2. The molecule has 15 heavy (non-hydrogen) atoms. The minimum absolute atomic E-state index is 0.0154. The van der Waals surface area contributed by atoms with Gasteiger partial charge in [-0.3, -0.25) is 4.79 Å². The molecule has 0 unspecified atom stereocenters. The molecule has 0 saturated carbocycles. The number of carbonyl (C=O) groups is 1. The molecule has 82 valence electrons. The second kappa shape index (κ2) is 5.88. The van der Waals surface area contributed by atoms with Gasteiger partial charge in [-0.2, -0.15) is 0 Å². The number of rotatable bonds is 4. The van der Waals surface area contributed by atoms with E-state index in [0.29, 0.717) is 13.0 Å². The Balaban J connectivity index is 2.64. The zero-order valence-corrected chi connectivity index (χ0v) is 10.3. The van der Waals surface area contributed by atoms with Gasteiger partial charge in [0.25, 0.3) is 0 Å². The van der Waals surface area contributed by atoms with Crippen LogP contribution in [0.5, 0.6) is 0 Å². The van der Waals surface area contributed by atoms with E-state index in [1.54, 1.807) is 0 Å². The van der Waals surface area contributed by atoms with Gasteiger partial charge in [-0.1, -0.05) is 22.0 Å². The van der Waals surface area contributed by atoms with Crippen LogP contribution in [0.15, 0.2) is 22.7 Å². The van der Waals surface area contributed by atoms with Crippen LogP contribution >= 0.6 is 15.9 Å². The average molecular weight is 271 g/mol. The van der Waals surface area contributed by atoms with Gasteiger partial charge in [0.05, 0.1) is 0 Å². The van der Waals surface area contributed by atoms with Crippen molar-refractivity contribution < 1.29 is 4.79 Å². The average Bonchev–Trinajstić information content (AvgIpc) is 2.22. The highest BCUT2D eigenvalue weighted by molar-refractivity contribution is 9.10. The summed E-state index contributed by atoms with van der Waals surface area (Å²) in [6, 6.07) is 5.74. The van der Waals surface area contributed by atoms with Crippen molar-refractivity contribution in [2.24, 2.45) is 5.73 Å². The molecule has 1 amide bonds. The van der Waals surface area contributed by atoms with Gasteiger partial charge < -0.3 is 11.1 Å². The summed E-state index contributed by atoms with van der Waals surface area (Å²) in [6.07, 6.45) is 1.20. The molecule has 0 aromatic heterocycles. The highest BCUT2D eigenvalue weighted by atomic mass is 79.9. The van der Waals surface area contributed by atoms with Gasteiger partial charge >= 0.3 is 0 Å². The molecule has 0 atom stereocenters. The molecule has 0 saturated heterocycles. The lowest BCUT2D eigenvalue weighted by Gasteiger charge is -2.09. The fourth-order valence-electron chi connectivity index (χ4n) is 1.22. The fourth-order valence-corrected chi connectivity index (χ4v) is 1.58. The van der Waals surface area contributed by atoms with E-state index in [1.807, 2.05) is 25.1 Å². The molecule has 0 bridgehead atoms. The summed E-state index contributed by atoms with van der Waals surface area (Å²) < 4.78 is 0.999. The van der Waals surface area contributed by atoms with Crippen LogP contribution in [0.2, 0.25) is 0 Å². The first kappa shape index (κ1) is 12.2. The van der Waals surface area contributed by atoms with Crippen molar-refractivity contribution in [2.45, 2.75) is 19.8 Å². The van der Waals surface area contributed by atoms with Crippen LogP contribution < -0.4 is 11.1 Å². The number of benzene rings is 1. The fraction of sp³-hybridized carbons (Fsp3) is 0.364. The first-order valence-electron chi connectivity index (χ1n) is 4.90. The predicted molar refractivity (Wildman–Crippen MR) is 65.8 cm³/mol. The lowest BCUT2D eigenvalue weighted by molar-refractivity contribution is -0.116. The number of hydrogen-bond acceptors (Lipinski definition) is 2. The molecule has 0 aliphatic carbocycles. The molecule has 1 aromatic rings. The van der Waals surface area contributed by atoms with Crippen molar-refractivity contribution in [1.29, 1.82) is 0 Å². The molecule has 0 aliphatic rings. The van der Waals surface area contributed by atoms with Crippen LogP contribution in [0.4, 0.5) is 5.69 Å². The van der Waals surface area contributed by atoms with Gasteiger partial charge in [-0.25, -0.2) is 0 Å². The van der Waals surface area contributed by atoms with Crippen LogP contribution in [0.3, 0.4) is 0 Å². The number of anilines is 1. The Hall–Kier alpha value is -0.870. The molecule has 1 aromatic carbocycles. The van der Waals surface area contributed by atoms with Gasteiger partial charge in [0, 0.05) is 16.6 Å². The van der Waals surface area contributed by atoms with Crippen LogP contribution in [0, 0.1) is 6.92 Å². The summed E-state index contributed by atoms with van der Waals surface area (Å²) >= 11 is 3.42. The number of halogens is 1. The van der Waals surface area contributed by atoms with Gasteiger partial charge in [-0.05, 0) is 37.6 Å². The van der Waals surface area contributed by atoms with Crippen LogP contribution in [0.1, 0.15) is 18.4 Å². The lowest BCUT2D eigenvalue weighted by Crippen LogP contribution is -2.14. The molecule has 1 rings (SSSR count). The van der Waals surface area contributed by atoms with Crippen LogP contribution in [-0.2, 0) is 4.79 Å². The summed E-state index contributed by atoms with van der Waals surface area (Å²) in [5, 5.41) is 2.86. The first-order valence-corrected chi connectivity index (χ1v) is 5.69. The van der Waals surface area contributed by atoms with Crippen molar-refractivity contribution in [1.82, 2.24) is 0 Å². The summed E-state index contributed by atoms with van der Waals surface area (Å²) in [6.45, 7) is 2.51. The van der Waals surface area contributed by atoms with Gasteiger partial charge in [0.1, 0.15) is 0 Å². The molecule has 0 fully saturated rings. The number of hydrogen-bond donors (Lipinski definition) is 2. The minimum atomic E-state index is 0.0154. The van der Waals surface area contributed by atoms with Gasteiger partial charge in [0.2, 0.25) is 5.91 Å². The SMILES string of the molecule is Cc1c(Br)cccc1NC(=O)CCCN. The second-order valence-corrected chi connectivity index (χ2v) is 4.21. The Morgan fingerprint density at radius 3 is 2.93 bits per heavy atom. The maximum Gasteiger partial charge on any atom is 0.224 e. The van der Waals surface area contributed by atoms with E-state index in [9.17, 15) is 4.79 Å². The molecular formula is C11H15BrN2O. The normalized spacial score (nSPS) is 10.1. The zero-order chi connectivity index (χ0) is 11.3. The Kier molecular flexibility index (Phi) is 4.78. The molecule has 3 N–H and O–H groups in total. The van der Waals surface area contributed by atoms with Crippen LogP contribution in [0.25, 0.3) is 0 Å². The standard InChI is InChI=1S/C11H15BrN2O/c1-8-9(12)4-2-5-10(8)14-11(15)6-3-7-13/h2,4-5H,3,6-7,13H2,1H3,(H,14,15). The monoisotopic (exact) mass is 270 g/mol. The maximum atomic E-state index is 11.5. The van der Waals surface area contributed by atoms with Gasteiger partial charge in [-0.15, -0.1) is 0 Å². The Labute approximate surface area is 98.2 Å². The Morgan fingerprint density at radius 1 is 1.53 bits per heavy atom. The van der Waals surface area contributed by atoms with E-state index in [-0.39, 0.29) is 5.91 Å². The molecule has 0 spiro atoms. The number of amides is 1. The number of nitrogens with two attached hydrogens (primary N) is 1. The molecule has 4 heteroatoms. The summed E-state index contributed by atoms with van der Waals surface area (Å²) in [5.41, 5.74) is 7.23. The van der Waals surface area contributed by atoms with E-state index in [0.717, 1.165) is 22.1 Å². The minimum Gasteiger partial charge on any atom is -0.330 e. The van der Waals surface area contributed by atoms with Crippen molar-refractivity contribution in [2.75, 3.05) is 11.9 Å². The quantitative estimate of drug-likeness (QED) is 0.883. The van der Waals surface area contributed by atoms with Crippen molar-refractivity contribution in [3.05, 3.63) is 28.2 Å². The predicted octanol–water partition coefficient (Wildman–Crippen LogP) is 2.43. The van der Waals surface area contributed by atoms with Crippen molar-refractivity contribution >= 4 is 27.5 Å². The third-order valence-corrected chi connectivity index (χ3v) is 3.01. The molecular weight excluding hydrogens is 256 g/mol. The van der Waals surface area contributed by atoms with E-state index in [4.69, 9.17) is 5.73 Å². The number of carbonyl (C=O) groups excluding carboxylic acids is 1. The van der Waals surface area contributed by atoms with E-state index >= 15 is 0 Å². The maximum absolute atomic E-state index is 11.5. The smallest absolute Gasteiger partial charge is 0.224 e. The highest BCUT2D eigenvalue weighted by Crippen LogP contribution is 2.23. The topological polar surface area (TPSA) is 55.1 Å². The second-order valence-electron chi connectivity index (χ2n) is 3.35. The number of nitrogens with one attached hydrogen (secondary N) is 1. The van der Waals surface area contributed by atoms with E-state index in [2.05, 4.69) is 21.2 Å². The summed E-state index contributed by atoms with van der Waals surface area (Å²) in [5.74, 6) is 0.0154. The largest absolute Gasteiger partial charge is 0.330 e. The molecule has 3 nitrogen and oxygen atoms in total. The Morgan fingerprint density at radius 2 is 2.27 bits per heavy atom. The highest BCUT2D eigenvalue weighted by Gasteiger charge is 2.05. The van der Waals surface area contributed by atoms with Crippen molar-refractivity contribution in [3.63, 3.8) is 0 Å². The third kappa shape index (κ3) is 3.64.